The normalized spacial score (nSPS) is 19.1. The van der Waals surface area contributed by atoms with Crippen LogP contribution in [0.4, 0.5) is 0 Å². The minimum absolute atomic E-state index is 0.0321. The summed E-state index contributed by atoms with van der Waals surface area (Å²) in [6.07, 6.45) is 3.61. The van der Waals surface area contributed by atoms with E-state index in [9.17, 15) is 13.2 Å². The first-order valence-electron chi connectivity index (χ1n) is 11.6. The predicted octanol–water partition coefficient (Wildman–Crippen LogP) is 4.15. The van der Waals surface area contributed by atoms with Crippen molar-refractivity contribution in [3.8, 4) is 11.5 Å². The number of rotatable bonds is 5. The molecule has 0 N–H and O–H groups in total. The van der Waals surface area contributed by atoms with Gasteiger partial charge in [0.2, 0.25) is 16.8 Å². The molecule has 0 bridgehead atoms. The third kappa shape index (κ3) is 4.03. The molecule has 0 aliphatic carbocycles. The number of fused-ring (bicyclic) bond motifs is 2. The molecule has 1 saturated heterocycles. The number of amides is 1. The van der Waals surface area contributed by atoms with Gasteiger partial charge in [0.15, 0.2) is 16.3 Å². The number of ether oxygens (including phenoxy) is 2. The fourth-order valence-electron chi connectivity index (χ4n) is 4.61. The van der Waals surface area contributed by atoms with Gasteiger partial charge < -0.3 is 14.0 Å². The maximum Gasteiger partial charge on any atom is 0.279 e. The molecule has 1 unspecified atom stereocenters. The molecule has 3 heterocycles. The molecule has 1 fully saturated rings. The third-order valence-electron chi connectivity index (χ3n) is 6.44. The lowest BCUT2D eigenvalue weighted by molar-refractivity contribution is 0.0997. The lowest BCUT2D eigenvalue weighted by Crippen LogP contribution is -2.43. The van der Waals surface area contributed by atoms with E-state index in [0.29, 0.717) is 35.0 Å². The van der Waals surface area contributed by atoms with E-state index in [-0.39, 0.29) is 17.7 Å². The molecule has 3 aromatic rings. The van der Waals surface area contributed by atoms with Crippen LogP contribution in [0.3, 0.4) is 0 Å². The van der Waals surface area contributed by atoms with Crippen molar-refractivity contribution in [3.05, 3.63) is 46.8 Å². The van der Waals surface area contributed by atoms with Gasteiger partial charge in [0.25, 0.3) is 5.91 Å². The van der Waals surface area contributed by atoms with Gasteiger partial charge in [-0.2, -0.15) is 9.30 Å². The van der Waals surface area contributed by atoms with Gasteiger partial charge in [0.1, 0.15) is 0 Å². The highest BCUT2D eigenvalue weighted by molar-refractivity contribution is 7.89. The van der Waals surface area contributed by atoms with E-state index in [1.807, 2.05) is 30.5 Å². The highest BCUT2D eigenvalue weighted by Gasteiger charge is 2.32. The fraction of sp³-hybridized carbons (Fsp3) is 0.417. The zero-order chi connectivity index (χ0) is 23.9. The van der Waals surface area contributed by atoms with Crippen molar-refractivity contribution in [2.45, 2.75) is 57.0 Å². The number of piperidine rings is 1. The number of sulfonamides is 1. The van der Waals surface area contributed by atoms with E-state index in [2.05, 4.69) is 4.99 Å². The molecular weight excluding hydrogens is 474 g/mol. The number of thiazole rings is 1. The molecule has 5 rings (SSSR count). The number of benzene rings is 2. The minimum atomic E-state index is -3.59. The van der Waals surface area contributed by atoms with Crippen molar-refractivity contribution < 1.29 is 22.7 Å². The second kappa shape index (κ2) is 9.16. The largest absolute Gasteiger partial charge is 0.454 e. The Kier molecular flexibility index (Phi) is 6.22. The highest BCUT2D eigenvalue weighted by Crippen LogP contribution is 2.37. The summed E-state index contributed by atoms with van der Waals surface area (Å²) in [5, 5.41) is 0. The summed E-state index contributed by atoms with van der Waals surface area (Å²) < 4.78 is 41.8. The molecule has 34 heavy (non-hydrogen) atoms. The second-order valence-electron chi connectivity index (χ2n) is 8.42. The van der Waals surface area contributed by atoms with Crippen LogP contribution in [-0.4, -0.2) is 42.6 Å². The lowest BCUT2D eigenvalue weighted by atomic mass is 10.0. The summed E-state index contributed by atoms with van der Waals surface area (Å²) in [7, 11) is -3.59. The van der Waals surface area contributed by atoms with E-state index >= 15 is 0 Å². The number of hydrogen-bond donors (Lipinski definition) is 0. The van der Waals surface area contributed by atoms with Crippen LogP contribution in [0.5, 0.6) is 11.5 Å². The molecule has 8 nitrogen and oxygen atoms in total. The molecule has 1 aromatic heterocycles. The molecule has 0 spiro atoms. The minimum Gasteiger partial charge on any atom is -0.454 e. The summed E-state index contributed by atoms with van der Waals surface area (Å²) >= 11 is 1.40. The standard InChI is InChI=1S/C24H27N3O5S2/c1-3-17-7-5-6-12-27(17)34(29,30)18-10-8-16(9-11-18)23(28)25-24-26(4-2)19-13-20-21(32-15-31-20)14-22(19)33-24/h8-11,13-14,17H,3-7,12,15H2,1-2H3. The third-order valence-corrected chi connectivity index (χ3v) is 9.45. The highest BCUT2D eigenvalue weighted by atomic mass is 32.2. The Balaban J connectivity index is 1.44. The van der Waals surface area contributed by atoms with Gasteiger partial charge in [-0.3, -0.25) is 4.79 Å². The average Bonchev–Trinajstić information content (AvgIpc) is 3.45. The van der Waals surface area contributed by atoms with Crippen LogP contribution in [-0.2, 0) is 16.6 Å². The Hall–Kier alpha value is -2.69. The van der Waals surface area contributed by atoms with Crippen molar-refractivity contribution in [2.24, 2.45) is 4.99 Å². The van der Waals surface area contributed by atoms with Crippen LogP contribution in [0.25, 0.3) is 10.2 Å². The van der Waals surface area contributed by atoms with Crippen LogP contribution in [0.15, 0.2) is 46.3 Å². The molecule has 180 valence electrons. The van der Waals surface area contributed by atoms with Crippen molar-refractivity contribution in [1.29, 1.82) is 0 Å². The molecule has 1 atom stereocenters. The Morgan fingerprint density at radius 1 is 1.12 bits per heavy atom. The number of carbonyl (C=O) groups is 1. The maximum atomic E-state index is 13.2. The predicted molar refractivity (Wildman–Crippen MR) is 130 cm³/mol. The van der Waals surface area contributed by atoms with Crippen molar-refractivity contribution >= 4 is 37.5 Å². The SMILES string of the molecule is CCC1CCCCN1S(=O)(=O)c1ccc(C(=O)N=c2sc3cc4c(cc3n2CC)OCO4)cc1. The molecule has 2 aliphatic rings. The molecule has 0 radical (unpaired) electrons. The Morgan fingerprint density at radius 3 is 2.56 bits per heavy atom. The van der Waals surface area contributed by atoms with E-state index < -0.39 is 15.9 Å². The van der Waals surface area contributed by atoms with Crippen LogP contribution < -0.4 is 14.3 Å². The lowest BCUT2D eigenvalue weighted by Gasteiger charge is -2.34. The Morgan fingerprint density at radius 2 is 1.85 bits per heavy atom. The van der Waals surface area contributed by atoms with Crippen molar-refractivity contribution in [1.82, 2.24) is 8.87 Å². The van der Waals surface area contributed by atoms with Crippen LogP contribution in [0.1, 0.15) is 49.9 Å². The summed E-state index contributed by atoms with van der Waals surface area (Å²) in [6.45, 7) is 5.39. The average molecular weight is 502 g/mol. The van der Waals surface area contributed by atoms with Gasteiger partial charge in [-0.25, -0.2) is 8.42 Å². The molecule has 1 amide bonds. The molecule has 0 saturated carbocycles. The van der Waals surface area contributed by atoms with Gasteiger partial charge in [-0.05, 0) is 50.5 Å². The smallest absolute Gasteiger partial charge is 0.279 e. The first-order chi connectivity index (χ1) is 16.4. The van der Waals surface area contributed by atoms with Crippen molar-refractivity contribution in [2.75, 3.05) is 13.3 Å². The van der Waals surface area contributed by atoms with Gasteiger partial charge >= 0.3 is 0 Å². The zero-order valence-corrected chi connectivity index (χ0v) is 20.8. The molecule has 10 heteroatoms. The number of nitrogens with zero attached hydrogens (tertiary/aromatic N) is 3. The number of aromatic nitrogens is 1. The monoisotopic (exact) mass is 501 g/mol. The molecular formula is C24H27N3O5S2. The molecule has 2 aromatic carbocycles. The first kappa shape index (κ1) is 23.1. The van der Waals surface area contributed by atoms with Gasteiger partial charge in [-0.1, -0.05) is 24.7 Å². The van der Waals surface area contributed by atoms with Gasteiger partial charge in [0, 0.05) is 36.8 Å². The van der Waals surface area contributed by atoms with E-state index in [0.717, 1.165) is 35.9 Å². The van der Waals surface area contributed by atoms with Crippen molar-refractivity contribution in [3.63, 3.8) is 0 Å². The van der Waals surface area contributed by atoms with Crippen LogP contribution >= 0.6 is 11.3 Å². The van der Waals surface area contributed by atoms with E-state index in [1.54, 1.807) is 16.4 Å². The Labute approximate surface area is 202 Å². The van der Waals surface area contributed by atoms with Gasteiger partial charge in [0.05, 0.1) is 15.1 Å². The maximum absolute atomic E-state index is 13.2. The summed E-state index contributed by atoms with van der Waals surface area (Å²) in [5.41, 5.74) is 1.27. The van der Waals surface area contributed by atoms with Crippen LogP contribution in [0.2, 0.25) is 0 Å². The zero-order valence-electron chi connectivity index (χ0n) is 19.2. The van der Waals surface area contributed by atoms with E-state index in [1.165, 1.54) is 23.5 Å². The number of carbonyl (C=O) groups excluding carboxylic acids is 1. The number of aryl methyl sites for hydroxylation is 1. The topological polar surface area (TPSA) is 90.2 Å². The summed E-state index contributed by atoms with van der Waals surface area (Å²) in [4.78, 5) is 18.1. The van der Waals surface area contributed by atoms with E-state index in [4.69, 9.17) is 9.47 Å². The second-order valence-corrected chi connectivity index (χ2v) is 11.3. The van der Waals surface area contributed by atoms with Gasteiger partial charge in [-0.15, -0.1) is 0 Å². The first-order valence-corrected chi connectivity index (χ1v) is 13.8. The Bertz CT molecular complexity index is 1410. The number of hydrogen-bond acceptors (Lipinski definition) is 6. The summed E-state index contributed by atoms with van der Waals surface area (Å²) in [5.74, 6) is 0.953. The quantitative estimate of drug-likeness (QED) is 0.524. The summed E-state index contributed by atoms with van der Waals surface area (Å²) in [6, 6.07) is 9.96. The van der Waals surface area contributed by atoms with Crippen LogP contribution in [0, 0.1) is 0 Å². The molecule has 2 aliphatic heterocycles. The fourth-order valence-corrected chi connectivity index (χ4v) is 7.47.